The van der Waals surface area contributed by atoms with Gasteiger partial charge in [-0.3, -0.25) is 0 Å². The fourth-order valence-electron chi connectivity index (χ4n) is 1.52. The van der Waals surface area contributed by atoms with Gasteiger partial charge >= 0.3 is 11.6 Å². The molecule has 0 radical (unpaired) electrons. The standard InChI is InChI=1S/C12H7ClO5/c13-7-3-1-2-6(4-7)11-10(12(16)17)8(14)5-9(15)18-11/h1-5,14H,(H,16,17). The Morgan fingerprint density at radius 1 is 1.28 bits per heavy atom. The van der Waals surface area contributed by atoms with Crippen LogP contribution in [0.25, 0.3) is 11.3 Å². The summed E-state index contributed by atoms with van der Waals surface area (Å²) in [5.41, 5.74) is -1.02. The first-order valence-electron chi connectivity index (χ1n) is 4.85. The molecule has 0 amide bonds. The lowest BCUT2D eigenvalue weighted by Gasteiger charge is -2.06. The van der Waals surface area contributed by atoms with Crippen LogP contribution in [0.2, 0.25) is 5.02 Å². The van der Waals surface area contributed by atoms with E-state index in [9.17, 15) is 14.7 Å². The molecule has 5 nitrogen and oxygen atoms in total. The molecule has 1 aromatic heterocycles. The average Bonchev–Trinajstić information content (AvgIpc) is 2.27. The smallest absolute Gasteiger partial charge is 0.343 e. The minimum Gasteiger partial charge on any atom is -0.507 e. The normalized spacial score (nSPS) is 10.3. The van der Waals surface area contributed by atoms with Gasteiger partial charge in [-0.1, -0.05) is 23.7 Å². The first-order chi connectivity index (χ1) is 8.49. The lowest BCUT2D eigenvalue weighted by molar-refractivity contribution is 0.0692. The van der Waals surface area contributed by atoms with Crippen LogP contribution >= 0.6 is 11.6 Å². The highest BCUT2D eigenvalue weighted by Gasteiger charge is 2.20. The van der Waals surface area contributed by atoms with Crippen LogP contribution in [0, 0.1) is 0 Å². The third-order valence-electron chi connectivity index (χ3n) is 2.24. The van der Waals surface area contributed by atoms with Crippen LogP contribution in [-0.4, -0.2) is 16.2 Å². The van der Waals surface area contributed by atoms with Gasteiger partial charge in [-0.05, 0) is 12.1 Å². The highest BCUT2D eigenvalue weighted by molar-refractivity contribution is 6.30. The molecular formula is C12H7ClO5. The summed E-state index contributed by atoms with van der Waals surface area (Å²) in [6.07, 6.45) is 0. The summed E-state index contributed by atoms with van der Waals surface area (Å²) >= 11 is 5.78. The van der Waals surface area contributed by atoms with E-state index in [1.165, 1.54) is 12.1 Å². The molecule has 0 aliphatic carbocycles. The minimum atomic E-state index is -1.40. The molecule has 0 saturated heterocycles. The predicted molar refractivity (Wildman–Crippen MR) is 64.0 cm³/mol. The molecule has 1 heterocycles. The average molecular weight is 267 g/mol. The first-order valence-corrected chi connectivity index (χ1v) is 5.23. The Morgan fingerprint density at radius 3 is 2.61 bits per heavy atom. The molecule has 0 unspecified atom stereocenters. The van der Waals surface area contributed by atoms with Gasteiger partial charge < -0.3 is 14.6 Å². The van der Waals surface area contributed by atoms with Gasteiger partial charge in [0.15, 0.2) is 5.76 Å². The zero-order valence-corrected chi connectivity index (χ0v) is 9.64. The summed E-state index contributed by atoms with van der Waals surface area (Å²) in [4.78, 5) is 22.2. The maximum atomic E-state index is 11.2. The monoisotopic (exact) mass is 266 g/mol. The summed E-state index contributed by atoms with van der Waals surface area (Å²) < 4.78 is 4.84. The molecule has 92 valence electrons. The van der Waals surface area contributed by atoms with Crippen LogP contribution in [0.5, 0.6) is 5.75 Å². The number of hydrogen-bond donors (Lipinski definition) is 2. The summed E-state index contributed by atoms with van der Waals surface area (Å²) in [7, 11) is 0. The zero-order chi connectivity index (χ0) is 13.3. The molecule has 0 fully saturated rings. The number of carbonyl (C=O) groups is 1. The highest BCUT2D eigenvalue weighted by atomic mass is 35.5. The molecule has 0 saturated carbocycles. The zero-order valence-electron chi connectivity index (χ0n) is 8.88. The van der Waals surface area contributed by atoms with Gasteiger partial charge in [-0.15, -0.1) is 0 Å². The van der Waals surface area contributed by atoms with E-state index in [2.05, 4.69) is 0 Å². The number of aromatic hydroxyl groups is 1. The highest BCUT2D eigenvalue weighted by Crippen LogP contribution is 2.29. The van der Waals surface area contributed by atoms with E-state index >= 15 is 0 Å². The van der Waals surface area contributed by atoms with Crippen LogP contribution < -0.4 is 5.63 Å². The molecule has 6 heteroatoms. The lowest BCUT2D eigenvalue weighted by atomic mass is 10.1. The van der Waals surface area contributed by atoms with E-state index < -0.39 is 22.9 Å². The Balaban J connectivity index is 2.77. The fourth-order valence-corrected chi connectivity index (χ4v) is 1.71. The van der Waals surface area contributed by atoms with E-state index in [-0.39, 0.29) is 5.76 Å². The maximum absolute atomic E-state index is 11.2. The van der Waals surface area contributed by atoms with Gasteiger partial charge in [0.1, 0.15) is 11.3 Å². The van der Waals surface area contributed by atoms with Gasteiger partial charge in [0.05, 0.1) is 6.07 Å². The van der Waals surface area contributed by atoms with Gasteiger partial charge in [-0.25, -0.2) is 9.59 Å². The van der Waals surface area contributed by atoms with Crippen molar-refractivity contribution in [3.8, 4) is 17.1 Å². The van der Waals surface area contributed by atoms with E-state index in [1.54, 1.807) is 12.1 Å². The van der Waals surface area contributed by atoms with E-state index in [0.29, 0.717) is 16.7 Å². The van der Waals surface area contributed by atoms with Crippen LogP contribution in [0.15, 0.2) is 39.5 Å². The molecule has 0 spiro atoms. The van der Waals surface area contributed by atoms with Crippen LogP contribution in [0.1, 0.15) is 10.4 Å². The Bertz CT molecular complexity index is 674. The number of halogens is 1. The third-order valence-corrected chi connectivity index (χ3v) is 2.48. The Morgan fingerprint density at radius 2 is 2.00 bits per heavy atom. The van der Waals surface area contributed by atoms with Crippen molar-refractivity contribution in [3.05, 3.63) is 51.3 Å². The quantitative estimate of drug-likeness (QED) is 0.871. The second-order valence-electron chi connectivity index (χ2n) is 3.47. The van der Waals surface area contributed by atoms with Gasteiger partial charge in [0.25, 0.3) is 0 Å². The van der Waals surface area contributed by atoms with E-state index in [0.717, 1.165) is 0 Å². The van der Waals surface area contributed by atoms with Crippen molar-refractivity contribution in [3.63, 3.8) is 0 Å². The van der Waals surface area contributed by atoms with E-state index in [4.69, 9.17) is 21.1 Å². The maximum Gasteiger partial charge on any atom is 0.343 e. The second kappa shape index (κ2) is 4.54. The van der Waals surface area contributed by atoms with Gasteiger partial charge in [0.2, 0.25) is 0 Å². The molecule has 2 aromatic rings. The molecule has 1 aromatic carbocycles. The Kier molecular flexibility index (Phi) is 3.08. The molecular weight excluding hydrogens is 260 g/mol. The van der Waals surface area contributed by atoms with Gasteiger partial charge in [-0.2, -0.15) is 0 Å². The van der Waals surface area contributed by atoms with Crippen molar-refractivity contribution in [1.29, 1.82) is 0 Å². The Hall–Kier alpha value is -2.27. The number of aromatic carboxylic acids is 1. The molecule has 0 aliphatic rings. The number of hydrogen-bond acceptors (Lipinski definition) is 4. The number of carboxylic acid groups (broad SMARTS) is 1. The van der Waals surface area contributed by atoms with E-state index in [1.807, 2.05) is 0 Å². The summed E-state index contributed by atoms with van der Waals surface area (Å²) in [6.45, 7) is 0. The molecule has 0 aliphatic heterocycles. The number of benzene rings is 1. The molecule has 18 heavy (non-hydrogen) atoms. The van der Waals surface area contributed by atoms with Crippen molar-refractivity contribution in [2.24, 2.45) is 0 Å². The third kappa shape index (κ3) is 2.21. The van der Waals surface area contributed by atoms with Crippen LogP contribution in [-0.2, 0) is 0 Å². The molecule has 0 atom stereocenters. The van der Waals surface area contributed by atoms with Crippen LogP contribution in [0.4, 0.5) is 0 Å². The summed E-state index contributed by atoms with van der Waals surface area (Å²) in [5.74, 6) is -2.27. The molecule has 0 bridgehead atoms. The van der Waals surface area contributed by atoms with Crippen molar-refractivity contribution < 1.29 is 19.4 Å². The Labute approximate surface area is 106 Å². The first kappa shape index (κ1) is 12.2. The summed E-state index contributed by atoms with van der Waals surface area (Å²) in [6, 6.07) is 6.83. The number of rotatable bonds is 2. The van der Waals surface area contributed by atoms with Crippen molar-refractivity contribution in [2.75, 3.05) is 0 Å². The topological polar surface area (TPSA) is 87.7 Å². The largest absolute Gasteiger partial charge is 0.507 e. The lowest BCUT2D eigenvalue weighted by Crippen LogP contribution is -2.06. The minimum absolute atomic E-state index is 0.227. The second-order valence-corrected chi connectivity index (χ2v) is 3.91. The van der Waals surface area contributed by atoms with Crippen molar-refractivity contribution >= 4 is 17.6 Å². The number of carboxylic acids is 1. The van der Waals surface area contributed by atoms with Gasteiger partial charge in [0, 0.05) is 10.6 Å². The van der Waals surface area contributed by atoms with Crippen molar-refractivity contribution in [1.82, 2.24) is 0 Å². The predicted octanol–water partition coefficient (Wildman–Crippen LogP) is 2.36. The van der Waals surface area contributed by atoms with Crippen LogP contribution in [0.3, 0.4) is 0 Å². The van der Waals surface area contributed by atoms with Crippen molar-refractivity contribution in [2.45, 2.75) is 0 Å². The fraction of sp³-hybridized carbons (Fsp3) is 0. The summed E-state index contributed by atoms with van der Waals surface area (Å²) in [5, 5.41) is 18.9. The molecule has 2 rings (SSSR count). The SMILES string of the molecule is O=C(O)c1c(O)cc(=O)oc1-c1cccc(Cl)c1. The molecule has 2 N–H and O–H groups in total.